The number of methoxy groups -OCH3 is 1. The number of H-pyrrole nitrogens is 1. The molecule has 0 aliphatic carbocycles. The van der Waals surface area contributed by atoms with E-state index in [2.05, 4.69) is 21.9 Å². The van der Waals surface area contributed by atoms with Gasteiger partial charge in [-0.2, -0.15) is 0 Å². The number of para-hydroxylation sites is 1. The van der Waals surface area contributed by atoms with E-state index in [1.165, 1.54) is 31.0 Å². The van der Waals surface area contributed by atoms with Gasteiger partial charge in [-0.25, -0.2) is 14.8 Å². The van der Waals surface area contributed by atoms with E-state index in [0.29, 0.717) is 50.6 Å². The van der Waals surface area contributed by atoms with E-state index in [0.717, 1.165) is 12.8 Å². The normalized spacial score (nSPS) is 11.2. The Labute approximate surface area is 187 Å². The van der Waals surface area contributed by atoms with Gasteiger partial charge in [-0.05, 0) is 36.8 Å². The molecule has 164 valence electrons. The maximum Gasteiger partial charge on any atom is 0.337 e. The summed E-state index contributed by atoms with van der Waals surface area (Å²) in [5.74, 6) is 0.244. The summed E-state index contributed by atoms with van der Waals surface area (Å²) in [7, 11) is 1.30. The topological polar surface area (TPSA) is 107 Å². The lowest BCUT2D eigenvalue weighted by atomic mass is 10.1. The number of nitrogens with one attached hydrogen (secondary N) is 1. The quantitative estimate of drug-likeness (QED) is 0.261. The van der Waals surface area contributed by atoms with E-state index in [-0.39, 0.29) is 11.1 Å². The minimum atomic E-state index is -0.495. The Morgan fingerprint density at radius 2 is 1.91 bits per heavy atom. The molecule has 0 amide bonds. The summed E-state index contributed by atoms with van der Waals surface area (Å²) < 4.78 is 6.43. The average molecular weight is 451 g/mol. The van der Waals surface area contributed by atoms with Gasteiger partial charge in [-0.3, -0.25) is 14.2 Å². The van der Waals surface area contributed by atoms with Crippen molar-refractivity contribution in [2.75, 3.05) is 7.11 Å². The van der Waals surface area contributed by atoms with Crippen LogP contribution >= 0.6 is 11.8 Å². The molecule has 0 unspecified atom stereocenters. The van der Waals surface area contributed by atoms with Crippen molar-refractivity contribution in [1.29, 1.82) is 0 Å². The van der Waals surface area contributed by atoms with E-state index in [9.17, 15) is 14.4 Å². The van der Waals surface area contributed by atoms with Crippen molar-refractivity contribution in [2.24, 2.45) is 0 Å². The van der Waals surface area contributed by atoms with Crippen molar-refractivity contribution in [1.82, 2.24) is 19.5 Å². The number of ether oxygens (including phenoxy) is 1. The number of fused-ring (bicyclic) bond motifs is 2. The van der Waals surface area contributed by atoms with Crippen LogP contribution in [-0.2, 0) is 17.0 Å². The summed E-state index contributed by atoms with van der Waals surface area (Å²) in [6.07, 6.45) is 1.81. The van der Waals surface area contributed by atoms with Crippen LogP contribution < -0.4 is 11.1 Å². The first kappa shape index (κ1) is 21.8. The van der Waals surface area contributed by atoms with E-state index in [1.807, 2.05) is 18.2 Å². The number of carbonyl (C=O) groups excluding carboxylic acids is 1. The van der Waals surface area contributed by atoms with Crippen LogP contribution in [-0.4, -0.2) is 32.6 Å². The predicted molar refractivity (Wildman–Crippen MR) is 124 cm³/mol. The first-order valence-corrected chi connectivity index (χ1v) is 11.2. The number of carbonyl (C=O) groups is 1. The molecule has 0 spiro atoms. The monoisotopic (exact) mass is 450 g/mol. The number of hydrogen-bond acceptors (Lipinski definition) is 7. The SMILES string of the molecule is CCCCn1c(SCc2nc3cc(C(=O)OC)ccc3c(=O)[nH]2)nc2ccccc2c1=O. The average Bonchev–Trinajstić information content (AvgIpc) is 2.81. The van der Waals surface area contributed by atoms with Crippen molar-refractivity contribution < 1.29 is 9.53 Å². The van der Waals surface area contributed by atoms with Gasteiger partial charge in [-0.15, -0.1) is 0 Å². The fourth-order valence-electron chi connectivity index (χ4n) is 3.41. The summed E-state index contributed by atoms with van der Waals surface area (Å²) >= 11 is 1.34. The highest BCUT2D eigenvalue weighted by molar-refractivity contribution is 7.98. The van der Waals surface area contributed by atoms with Crippen molar-refractivity contribution in [3.05, 3.63) is 74.6 Å². The van der Waals surface area contributed by atoms with Crippen LogP contribution in [0.15, 0.2) is 57.2 Å². The van der Waals surface area contributed by atoms with Crippen molar-refractivity contribution in [3.8, 4) is 0 Å². The van der Waals surface area contributed by atoms with Crippen LogP contribution in [0.2, 0.25) is 0 Å². The number of aromatic nitrogens is 4. The minimum Gasteiger partial charge on any atom is -0.465 e. The molecule has 2 aromatic heterocycles. The number of thioether (sulfide) groups is 1. The fourth-order valence-corrected chi connectivity index (χ4v) is 4.30. The lowest BCUT2D eigenvalue weighted by Gasteiger charge is -2.12. The molecule has 4 aromatic rings. The van der Waals surface area contributed by atoms with Crippen LogP contribution in [0.1, 0.15) is 35.9 Å². The zero-order valence-corrected chi connectivity index (χ0v) is 18.6. The molecule has 8 nitrogen and oxygen atoms in total. The highest BCUT2D eigenvalue weighted by Gasteiger charge is 2.14. The number of aromatic amines is 1. The van der Waals surface area contributed by atoms with Gasteiger partial charge in [0.1, 0.15) is 5.82 Å². The summed E-state index contributed by atoms with van der Waals surface area (Å²) in [5.41, 5.74) is 0.991. The predicted octanol–water partition coefficient (Wildman–Crippen LogP) is 3.51. The molecule has 2 aromatic carbocycles. The number of nitrogens with zero attached hydrogens (tertiary/aromatic N) is 3. The Morgan fingerprint density at radius 3 is 2.69 bits per heavy atom. The zero-order valence-electron chi connectivity index (χ0n) is 17.8. The third-order valence-electron chi connectivity index (χ3n) is 5.08. The number of benzene rings is 2. The van der Waals surface area contributed by atoms with E-state index in [4.69, 9.17) is 4.74 Å². The standard InChI is InChI=1S/C23H22N4O4S/c1-3-4-11-27-21(29)16-7-5-6-8-17(16)25-23(27)32-13-19-24-18-12-14(22(30)31-2)9-10-15(18)20(28)26-19/h5-10,12H,3-4,11,13H2,1-2H3,(H,24,26,28). The van der Waals surface area contributed by atoms with Crippen LogP contribution in [0, 0.1) is 0 Å². The molecule has 4 rings (SSSR count). The summed E-state index contributed by atoms with van der Waals surface area (Å²) in [4.78, 5) is 49.3. The van der Waals surface area contributed by atoms with Gasteiger partial charge in [0.15, 0.2) is 5.16 Å². The third kappa shape index (κ3) is 4.29. The fraction of sp³-hybridized carbons (Fsp3) is 0.261. The molecule has 2 heterocycles. The van der Waals surface area contributed by atoms with Crippen LogP contribution in [0.5, 0.6) is 0 Å². The minimum absolute atomic E-state index is 0.0748. The molecule has 0 radical (unpaired) electrons. The Balaban J connectivity index is 1.70. The number of unbranched alkanes of at least 4 members (excludes halogenated alkanes) is 1. The van der Waals surface area contributed by atoms with Gasteiger partial charge >= 0.3 is 5.97 Å². The maximum absolute atomic E-state index is 13.0. The molecule has 0 aliphatic heterocycles. The molecule has 0 bridgehead atoms. The molecule has 0 saturated carbocycles. The first-order chi connectivity index (χ1) is 15.5. The highest BCUT2D eigenvalue weighted by Crippen LogP contribution is 2.22. The summed E-state index contributed by atoms with van der Waals surface area (Å²) in [6, 6.07) is 11.9. The zero-order chi connectivity index (χ0) is 22.7. The Bertz CT molecular complexity index is 1430. The Kier molecular flexibility index (Phi) is 6.36. The second-order valence-corrected chi connectivity index (χ2v) is 8.19. The van der Waals surface area contributed by atoms with Gasteiger partial charge in [0, 0.05) is 6.54 Å². The smallest absolute Gasteiger partial charge is 0.337 e. The lowest BCUT2D eigenvalue weighted by molar-refractivity contribution is 0.0601. The Hall–Kier alpha value is -3.46. The Morgan fingerprint density at radius 1 is 1.09 bits per heavy atom. The first-order valence-electron chi connectivity index (χ1n) is 10.3. The molecule has 32 heavy (non-hydrogen) atoms. The van der Waals surface area contributed by atoms with E-state index >= 15 is 0 Å². The van der Waals surface area contributed by atoms with Crippen LogP contribution in [0.4, 0.5) is 0 Å². The molecule has 0 fully saturated rings. The molecule has 0 aliphatic rings. The molecule has 9 heteroatoms. The second-order valence-electron chi connectivity index (χ2n) is 7.25. The van der Waals surface area contributed by atoms with Gasteiger partial charge in [0.05, 0.1) is 40.2 Å². The van der Waals surface area contributed by atoms with E-state index < -0.39 is 5.97 Å². The number of rotatable bonds is 7. The molecule has 0 atom stereocenters. The van der Waals surface area contributed by atoms with Crippen molar-refractivity contribution in [2.45, 2.75) is 37.2 Å². The van der Waals surface area contributed by atoms with Gasteiger partial charge in [-0.1, -0.05) is 37.2 Å². The molecule has 1 N–H and O–H groups in total. The van der Waals surface area contributed by atoms with Gasteiger partial charge in [0.2, 0.25) is 0 Å². The largest absolute Gasteiger partial charge is 0.465 e. The third-order valence-corrected chi connectivity index (χ3v) is 6.06. The summed E-state index contributed by atoms with van der Waals surface area (Å²) in [6.45, 7) is 2.64. The molecule has 0 saturated heterocycles. The second kappa shape index (κ2) is 9.35. The number of esters is 1. The molecular weight excluding hydrogens is 428 g/mol. The molecular formula is C23H22N4O4S. The van der Waals surface area contributed by atoms with Crippen LogP contribution in [0.25, 0.3) is 21.8 Å². The number of hydrogen-bond donors (Lipinski definition) is 1. The van der Waals surface area contributed by atoms with Gasteiger partial charge < -0.3 is 9.72 Å². The van der Waals surface area contributed by atoms with Crippen molar-refractivity contribution in [3.63, 3.8) is 0 Å². The van der Waals surface area contributed by atoms with Crippen LogP contribution in [0.3, 0.4) is 0 Å². The summed E-state index contributed by atoms with van der Waals surface area (Å²) in [5, 5.41) is 1.55. The highest BCUT2D eigenvalue weighted by atomic mass is 32.2. The lowest BCUT2D eigenvalue weighted by Crippen LogP contribution is -2.23. The van der Waals surface area contributed by atoms with Gasteiger partial charge in [0.25, 0.3) is 11.1 Å². The van der Waals surface area contributed by atoms with Crippen molar-refractivity contribution >= 4 is 39.5 Å². The van der Waals surface area contributed by atoms with E-state index in [1.54, 1.807) is 16.7 Å². The maximum atomic E-state index is 13.0.